The maximum atomic E-state index is 12.9. The lowest BCUT2D eigenvalue weighted by Crippen LogP contribution is -2.31. The van der Waals surface area contributed by atoms with E-state index in [0.717, 1.165) is 6.07 Å². The summed E-state index contributed by atoms with van der Waals surface area (Å²) in [5, 5.41) is 3.55. The summed E-state index contributed by atoms with van der Waals surface area (Å²) in [5.41, 5.74) is 2.33. The lowest BCUT2D eigenvalue weighted by Gasteiger charge is -2.11. The van der Waals surface area contributed by atoms with Crippen LogP contribution in [0.25, 0.3) is 0 Å². The quantitative estimate of drug-likeness (QED) is 0.652. The van der Waals surface area contributed by atoms with Crippen molar-refractivity contribution >= 4 is 23.4 Å². The van der Waals surface area contributed by atoms with Crippen LogP contribution in [0.5, 0.6) is 0 Å². The Bertz CT molecular complexity index is 598. The Morgan fingerprint density at radius 1 is 1.35 bits per heavy atom. The van der Waals surface area contributed by atoms with Crippen molar-refractivity contribution in [2.24, 2.45) is 5.10 Å². The summed E-state index contributed by atoms with van der Waals surface area (Å²) in [5.74, 6) is -2.10. The number of rotatable bonds is 4. The van der Waals surface area contributed by atoms with Gasteiger partial charge in [-0.05, 0) is 12.1 Å². The predicted octanol–water partition coefficient (Wildman–Crippen LogP) is 0.818. The minimum absolute atomic E-state index is 0.0524. The highest BCUT2D eigenvalue weighted by atomic mass is 19.1. The Hall–Kier alpha value is -2.57. The Kier molecular flexibility index (Phi) is 4.19. The molecule has 0 radical (unpaired) electrons. The van der Waals surface area contributed by atoms with Gasteiger partial charge < -0.3 is 4.74 Å². The lowest BCUT2D eigenvalue weighted by atomic mass is 10.1. The molecule has 1 aliphatic rings. The number of hydrazone groups is 1. The number of hydrogen-bond donors (Lipinski definition) is 1. The van der Waals surface area contributed by atoms with Crippen molar-refractivity contribution in [2.75, 3.05) is 6.61 Å². The van der Waals surface area contributed by atoms with Gasteiger partial charge in [-0.15, -0.1) is 0 Å². The van der Waals surface area contributed by atoms with Crippen molar-refractivity contribution in [1.82, 2.24) is 5.43 Å². The Balaban J connectivity index is 1.90. The second-order valence-electron chi connectivity index (χ2n) is 4.10. The van der Waals surface area contributed by atoms with Crippen LogP contribution in [-0.2, 0) is 14.3 Å². The van der Waals surface area contributed by atoms with E-state index >= 15 is 0 Å². The molecule has 0 saturated carbocycles. The van der Waals surface area contributed by atoms with Crippen molar-refractivity contribution < 1.29 is 23.5 Å². The fraction of sp³-hybridized carbons (Fsp3) is 0.231. The summed E-state index contributed by atoms with van der Waals surface area (Å²) >= 11 is 0. The number of nitrogens with one attached hydrogen (secondary N) is 1. The zero-order chi connectivity index (χ0) is 14.5. The summed E-state index contributed by atoms with van der Waals surface area (Å²) in [7, 11) is 0. The van der Waals surface area contributed by atoms with Gasteiger partial charge in [0.2, 0.25) is 5.91 Å². The van der Waals surface area contributed by atoms with Crippen LogP contribution in [0, 0.1) is 5.82 Å². The number of nitrogens with zero attached hydrogens (tertiary/aromatic N) is 1. The van der Waals surface area contributed by atoms with Crippen LogP contribution in [0.1, 0.15) is 23.2 Å². The highest BCUT2D eigenvalue weighted by molar-refractivity contribution is 6.37. The molecular weight excluding hydrogens is 267 g/mol. The molecule has 20 heavy (non-hydrogen) atoms. The number of amides is 1. The standard InChI is InChI=1S/C13H11FN2O4/c14-9-3-1-2-8(6-9)11(17)7-20-13(19)10-4-5-12(18)16-15-10/h1-3,6H,4-5,7H2,(H,16,18). The van der Waals surface area contributed by atoms with Crippen LogP contribution in [0.2, 0.25) is 0 Å². The zero-order valence-electron chi connectivity index (χ0n) is 10.4. The van der Waals surface area contributed by atoms with Crippen molar-refractivity contribution in [3.05, 3.63) is 35.6 Å². The summed E-state index contributed by atoms with van der Waals surface area (Å²) in [4.78, 5) is 34.1. The molecule has 0 fully saturated rings. The summed E-state index contributed by atoms with van der Waals surface area (Å²) in [6.45, 7) is -0.505. The van der Waals surface area contributed by atoms with E-state index in [-0.39, 0.29) is 30.0 Å². The number of carbonyl (C=O) groups excluding carboxylic acids is 3. The third-order valence-corrected chi connectivity index (χ3v) is 2.62. The van der Waals surface area contributed by atoms with Crippen LogP contribution in [-0.4, -0.2) is 30.0 Å². The lowest BCUT2D eigenvalue weighted by molar-refractivity contribution is -0.134. The molecule has 0 spiro atoms. The third kappa shape index (κ3) is 3.47. The second-order valence-corrected chi connectivity index (χ2v) is 4.10. The van der Waals surface area contributed by atoms with Gasteiger partial charge in [0.05, 0.1) is 0 Å². The Morgan fingerprint density at radius 3 is 2.80 bits per heavy atom. The van der Waals surface area contributed by atoms with Crippen LogP contribution in [0.3, 0.4) is 0 Å². The molecule has 1 aliphatic heterocycles. The van der Waals surface area contributed by atoms with Crippen molar-refractivity contribution in [2.45, 2.75) is 12.8 Å². The first-order valence-corrected chi connectivity index (χ1v) is 5.87. The molecule has 1 N–H and O–H groups in total. The number of ketones is 1. The fourth-order valence-corrected chi connectivity index (χ4v) is 1.58. The first kappa shape index (κ1) is 13.9. The number of benzene rings is 1. The molecular formula is C13H11FN2O4. The van der Waals surface area contributed by atoms with E-state index in [0.29, 0.717) is 0 Å². The largest absolute Gasteiger partial charge is 0.453 e. The summed E-state index contributed by atoms with van der Waals surface area (Å²) in [6.07, 6.45) is 0.310. The predicted molar refractivity (Wildman–Crippen MR) is 66.5 cm³/mol. The normalized spacial score (nSPS) is 14.2. The van der Waals surface area contributed by atoms with Crippen molar-refractivity contribution in [3.8, 4) is 0 Å². The van der Waals surface area contributed by atoms with E-state index in [1.54, 1.807) is 0 Å². The number of esters is 1. The minimum Gasteiger partial charge on any atom is -0.453 e. The molecule has 104 valence electrons. The van der Waals surface area contributed by atoms with Gasteiger partial charge in [0.15, 0.2) is 12.4 Å². The monoisotopic (exact) mass is 278 g/mol. The van der Waals surface area contributed by atoms with Crippen molar-refractivity contribution in [1.29, 1.82) is 0 Å². The van der Waals surface area contributed by atoms with E-state index in [4.69, 9.17) is 4.74 Å². The van der Waals surface area contributed by atoms with Crippen molar-refractivity contribution in [3.63, 3.8) is 0 Å². The minimum atomic E-state index is -0.769. The van der Waals surface area contributed by atoms with Gasteiger partial charge >= 0.3 is 5.97 Å². The topological polar surface area (TPSA) is 84.8 Å². The average molecular weight is 278 g/mol. The SMILES string of the molecule is O=C1CCC(C(=O)OCC(=O)c2cccc(F)c2)=NN1. The molecule has 0 aromatic heterocycles. The summed E-state index contributed by atoms with van der Waals surface area (Å²) in [6, 6.07) is 5.10. The molecule has 0 unspecified atom stereocenters. The number of hydrogen-bond acceptors (Lipinski definition) is 5. The zero-order valence-corrected chi connectivity index (χ0v) is 10.4. The molecule has 1 aromatic rings. The Morgan fingerprint density at radius 2 is 2.15 bits per heavy atom. The molecule has 1 aromatic carbocycles. The maximum Gasteiger partial charge on any atom is 0.354 e. The number of carbonyl (C=O) groups is 3. The van der Waals surface area contributed by atoms with E-state index in [9.17, 15) is 18.8 Å². The van der Waals surface area contributed by atoms with Gasteiger partial charge in [0.25, 0.3) is 0 Å². The van der Waals surface area contributed by atoms with Gasteiger partial charge in [0, 0.05) is 18.4 Å². The molecule has 0 bridgehead atoms. The molecule has 0 atom stereocenters. The highest BCUT2D eigenvalue weighted by Crippen LogP contribution is 2.06. The van der Waals surface area contributed by atoms with Gasteiger partial charge in [-0.25, -0.2) is 14.6 Å². The van der Waals surface area contributed by atoms with Crippen LogP contribution >= 0.6 is 0 Å². The molecule has 0 saturated heterocycles. The maximum absolute atomic E-state index is 12.9. The van der Waals surface area contributed by atoms with Gasteiger partial charge in [-0.2, -0.15) is 5.10 Å². The van der Waals surface area contributed by atoms with E-state index < -0.39 is 24.2 Å². The molecule has 1 amide bonds. The highest BCUT2D eigenvalue weighted by Gasteiger charge is 2.20. The smallest absolute Gasteiger partial charge is 0.354 e. The second kappa shape index (κ2) is 6.05. The van der Waals surface area contributed by atoms with Gasteiger partial charge in [0.1, 0.15) is 11.5 Å². The molecule has 0 aliphatic carbocycles. The fourth-order valence-electron chi connectivity index (χ4n) is 1.58. The molecule has 7 heteroatoms. The van der Waals surface area contributed by atoms with E-state index in [1.165, 1.54) is 18.2 Å². The number of ether oxygens (including phenoxy) is 1. The van der Waals surface area contributed by atoms with Gasteiger partial charge in [-0.1, -0.05) is 12.1 Å². The summed E-state index contributed by atoms with van der Waals surface area (Å²) < 4.78 is 17.7. The van der Waals surface area contributed by atoms with Crippen LogP contribution in [0.15, 0.2) is 29.4 Å². The molecule has 6 nitrogen and oxygen atoms in total. The Labute approximate surface area is 113 Å². The first-order valence-electron chi connectivity index (χ1n) is 5.87. The van der Waals surface area contributed by atoms with Crippen LogP contribution in [0.4, 0.5) is 4.39 Å². The third-order valence-electron chi connectivity index (χ3n) is 2.62. The first-order chi connectivity index (χ1) is 9.56. The van der Waals surface area contributed by atoms with Gasteiger partial charge in [-0.3, -0.25) is 9.59 Å². The number of Topliss-reactive ketones (excluding diaryl/α,β-unsaturated/α-hetero) is 1. The van der Waals surface area contributed by atoms with E-state index in [1.807, 2.05) is 0 Å². The number of halogens is 1. The van der Waals surface area contributed by atoms with Crippen LogP contribution < -0.4 is 5.43 Å². The molecule has 2 rings (SSSR count). The average Bonchev–Trinajstić information content (AvgIpc) is 2.45. The van der Waals surface area contributed by atoms with E-state index in [2.05, 4.69) is 10.5 Å². The molecule has 1 heterocycles.